The fourth-order valence-corrected chi connectivity index (χ4v) is 2.27. The Balaban J connectivity index is 2.51. The van der Waals surface area contributed by atoms with Crippen LogP contribution in [0, 0.1) is 13.8 Å². The first kappa shape index (κ1) is 9.24. The minimum absolute atomic E-state index is 0.643. The van der Waals surface area contributed by atoms with Crippen molar-refractivity contribution in [2.24, 2.45) is 0 Å². The second-order valence-electron chi connectivity index (χ2n) is 3.94. The molecule has 0 aromatic carbocycles. The molecule has 76 valence electrons. The van der Waals surface area contributed by atoms with E-state index in [0.717, 1.165) is 12.0 Å². The number of carbonyl (C=O) groups is 1. The van der Waals surface area contributed by atoms with Gasteiger partial charge < -0.3 is 9.63 Å². The van der Waals surface area contributed by atoms with Crippen LogP contribution in [0.3, 0.4) is 0 Å². The maximum absolute atomic E-state index is 11.2. The van der Waals surface area contributed by atoms with E-state index in [1.165, 1.54) is 0 Å². The predicted molar refractivity (Wildman–Crippen MR) is 49.1 cm³/mol. The smallest absolute Gasteiger partial charge is 0.314 e. The van der Waals surface area contributed by atoms with Gasteiger partial charge in [-0.3, -0.25) is 4.79 Å². The molecule has 0 aliphatic heterocycles. The van der Waals surface area contributed by atoms with Crippen molar-refractivity contribution in [2.45, 2.75) is 38.5 Å². The van der Waals surface area contributed by atoms with E-state index in [-0.39, 0.29) is 0 Å². The molecule has 0 atom stereocenters. The van der Waals surface area contributed by atoms with Crippen molar-refractivity contribution in [3.8, 4) is 0 Å². The molecule has 1 aliphatic carbocycles. The van der Waals surface area contributed by atoms with Crippen molar-refractivity contribution in [2.75, 3.05) is 0 Å². The lowest BCUT2D eigenvalue weighted by Gasteiger charge is -2.37. The molecule has 1 N–H and O–H groups in total. The van der Waals surface area contributed by atoms with Crippen LogP contribution in [0.25, 0.3) is 0 Å². The quantitative estimate of drug-likeness (QED) is 0.781. The van der Waals surface area contributed by atoms with Gasteiger partial charge >= 0.3 is 5.97 Å². The number of carboxylic acid groups (broad SMARTS) is 1. The predicted octanol–water partition coefficient (Wildman–Crippen LogP) is 1.80. The van der Waals surface area contributed by atoms with Gasteiger partial charge in [0, 0.05) is 5.56 Å². The second kappa shape index (κ2) is 2.83. The molecule has 0 spiro atoms. The monoisotopic (exact) mass is 195 g/mol. The Kier molecular flexibility index (Phi) is 1.87. The highest BCUT2D eigenvalue weighted by Crippen LogP contribution is 2.46. The zero-order chi connectivity index (χ0) is 10.3. The topological polar surface area (TPSA) is 63.3 Å². The van der Waals surface area contributed by atoms with E-state index in [4.69, 9.17) is 4.52 Å². The molecule has 0 unspecified atom stereocenters. The maximum Gasteiger partial charge on any atom is 0.314 e. The minimum Gasteiger partial charge on any atom is -0.481 e. The van der Waals surface area contributed by atoms with Crippen LogP contribution >= 0.6 is 0 Å². The molecule has 0 radical (unpaired) electrons. The lowest BCUT2D eigenvalue weighted by atomic mass is 9.64. The van der Waals surface area contributed by atoms with Gasteiger partial charge in [-0.2, -0.15) is 0 Å². The summed E-state index contributed by atoms with van der Waals surface area (Å²) in [6, 6.07) is 0. The van der Waals surface area contributed by atoms with Crippen molar-refractivity contribution in [3.05, 3.63) is 17.0 Å². The molecule has 1 saturated carbocycles. The molecule has 1 fully saturated rings. The number of carboxylic acids is 1. The summed E-state index contributed by atoms with van der Waals surface area (Å²) in [5.74, 6) is -0.109. The fraction of sp³-hybridized carbons (Fsp3) is 0.600. The Morgan fingerprint density at radius 2 is 2.14 bits per heavy atom. The van der Waals surface area contributed by atoms with E-state index >= 15 is 0 Å². The molecule has 0 saturated heterocycles. The van der Waals surface area contributed by atoms with E-state index in [1.54, 1.807) is 13.8 Å². The molecule has 4 heteroatoms. The largest absolute Gasteiger partial charge is 0.481 e. The summed E-state index contributed by atoms with van der Waals surface area (Å²) in [4.78, 5) is 11.2. The van der Waals surface area contributed by atoms with Crippen LogP contribution in [0.15, 0.2) is 4.52 Å². The van der Waals surface area contributed by atoms with Gasteiger partial charge in [-0.25, -0.2) is 0 Å². The molecular weight excluding hydrogens is 182 g/mol. The molecule has 1 aromatic rings. The van der Waals surface area contributed by atoms with Crippen LogP contribution in [0.4, 0.5) is 0 Å². The first-order valence-electron chi connectivity index (χ1n) is 4.75. The van der Waals surface area contributed by atoms with Crippen molar-refractivity contribution in [1.29, 1.82) is 0 Å². The summed E-state index contributed by atoms with van der Waals surface area (Å²) >= 11 is 0. The normalized spacial score (nSPS) is 19.0. The molecule has 1 heterocycles. The van der Waals surface area contributed by atoms with Gasteiger partial charge in [0.1, 0.15) is 5.76 Å². The summed E-state index contributed by atoms with van der Waals surface area (Å²) < 4.78 is 5.01. The molecule has 4 nitrogen and oxygen atoms in total. The zero-order valence-corrected chi connectivity index (χ0v) is 8.33. The third-order valence-corrected chi connectivity index (χ3v) is 3.13. The van der Waals surface area contributed by atoms with E-state index < -0.39 is 11.4 Å². The number of aromatic nitrogens is 1. The van der Waals surface area contributed by atoms with Gasteiger partial charge in [-0.05, 0) is 26.7 Å². The SMILES string of the molecule is Cc1noc(C)c1C1(C(=O)O)CCC1. The highest BCUT2D eigenvalue weighted by Gasteiger charge is 2.49. The first-order chi connectivity index (χ1) is 6.58. The number of aryl methyl sites for hydroxylation is 2. The van der Waals surface area contributed by atoms with Crippen molar-refractivity contribution in [3.63, 3.8) is 0 Å². The van der Waals surface area contributed by atoms with Crippen LogP contribution in [0.5, 0.6) is 0 Å². The van der Waals surface area contributed by atoms with E-state index in [9.17, 15) is 9.90 Å². The van der Waals surface area contributed by atoms with Crippen LogP contribution in [0.2, 0.25) is 0 Å². The third kappa shape index (κ3) is 0.997. The number of rotatable bonds is 2. The minimum atomic E-state index is -0.752. The number of nitrogens with zero attached hydrogens (tertiary/aromatic N) is 1. The lowest BCUT2D eigenvalue weighted by molar-refractivity contribution is -0.147. The summed E-state index contributed by atoms with van der Waals surface area (Å²) in [7, 11) is 0. The van der Waals surface area contributed by atoms with E-state index in [0.29, 0.717) is 24.3 Å². The van der Waals surface area contributed by atoms with Crippen LogP contribution in [-0.4, -0.2) is 16.2 Å². The molecule has 2 rings (SSSR count). The maximum atomic E-state index is 11.2. The average Bonchev–Trinajstić information content (AvgIpc) is 2.33. The van der Waals surface area contributed by atoms with Crippen LogP contribution in [-0.2, 0) is 10.2 Å². The van der Waals surface area contributed by atoms with Crippen molar-refractivity contribution in [1.82, 2.24) is 5.16 Å². The number of aliphatic carboxylic acids is 1. The molecular formula is C10H13NO3. The van der Waals surface area contributed by atoms with Gasteiger partial charge in [0.25, 0.3) is 0 Å². The number of hydrogen-bond donors (Lipinski definition) is 1. The molecule has 14 heavy (non-hydrogen) atoms. The second-order valence-corrected chi connectivity index (χ2v) is 3.94. The Bertz CT molecular complexity index is 357. The van der Waals surface area contributed by atoms with Gasteiger partial charge in [-0.1, -0.05) is 11.6 Å². The first-order valence-corrected chi connectivity index (χ1v) is 4.75. The van der Waals surface area contributed by atoms with Gasteiger partial charge in [0.15, 0.2) is 0 Å². The van der Waals surface area contributed by atoms with Crippen molar-refractivity contribution >= 4 is 5.97 Å². The standard InChI is InChI=1S/C10H13NO3/c1-6-8(7(2)14-11-6)10(9(12)13)4-3-5-10/h3-5H2,1-2H3,(H,12,13). The Morgan fingerprint density at radius 1 is 1.50 bits per heavy atom. The molecule has 1 aromatic heterocycles. The summed E-state index contributed by atoms with van der Waals surface area (Å²) in [6.45, 7) is 3.58. The van der Waals surface area contributed by atoms with E-state index in [2.05, 4.69) is 5.16 Å². The lowest BCUT2D eigenvalue weighted by Crippen LogP contribution is -2.43. The highest BCUT2D eigenvalue weighted by molar-refractivity contribution is 5.83. The van der Waals surface area contributed by atoms with Crippen LogP contribution < -0.4 is 0 Å². The highest BCUT2D eigenvalue weighted by atomic mass is 16.5. The number of hydrogen-bond acceptors (Lipinski definition) is 3. The van der Waals surface area contributed by atoms with E-state index in [1.807, 2.05) is 0 Å². The Morgan fingerprint density at radius 3 is 2.43 bits per heavy atom. The molecule has 1 aliphatic rings. The fourth-order valence-electron chi connectivity index (χ4n) is 2.27. The molecule has 0 amide bonds. The van der Waals surface area contributed by atoms with Crippen molar-refractivity contribution < 1.29 is 14.4 Å². The third-order valence-electron chi connectivity index (χ3n) is 3.13. The summed E-state index contributed by atoms with van der Waals surface area (Å²) in [5, 5.41) is 13.0. The average molecular weight is 195 g/mol. The zero-order valence-electron chi connectivity index (χ0n) is 8.33. The summed E-state index contributed by atoms with van der Waals surface area (Å²) in [5.41, 5.74) is 0.787. The molecule has 0 bridgehead atoms. The Labute approximate surface area is 81.9 Å². The van der Waals surface area contributed by atoms with Crippen LogP contribution in [0.1, 0.15) is 36.3 Å². The van der Waals surface area contributed by atoms with Gasteiger partial charge in [0.2, 0.25) is 0 Å². The van der Waals surface area contributed by atoms with Gasteiger partial charge in [-0.15, -0.1) is 0 Å². The summed E-state index contributed by atoms with van der Waals surface area (Å²) in [6.07, 6.45) is 2.37. The Hall–Kier alpha value is -1.32. The van der Waals surface area contributed by atoms with Gasteiger partial charge in [0.05, 0.1) is 11.1 Å².